The highest BCUT2D eigenvalue weighted by atomic mass is 28.4. The summed E-state index contributed by atoms with van der Waals surface area (Å²) in [5, 5.41) is 3.53. The van der Waals surface area contributed by atoms with Crippen LogP contribution in [-0.2, 0) is 21.1 Å². The van der Waals surface area contributed by atoms with Crippen molar-refractivity contribution in [1.29, 1.82) is 0 Å². The third-order valence-electron chi connectivity index (χ3n) is 8.50. The van der Waals surface area contributed by atoms with Crippen molar-refractivity contribution in [3.63, 3.8) is 0 Å². The number of amides is 1. The standard InChI is InChI=1S/C34H53NO4Si/c1-10-11-12-16-26(27-17-13-18-30-32(27)38-24-37-30)23-31(36)35-29-22-25(19-20-28(29)33(2,3)4)15-14-21-39-40(8,9)34(5,6)7/h13,17-20,22,26H,10-12,14-16,21,23-24H2,1-9H3,(H,35,36). The third kappa shape index (κ3) is 8.59. The minimum absolute atomic E-state index is 0.0435. The molecule has 1 aliphatic heterocycles. The van der Waals surface area contributed by atoms with E-state index in [1.165, 1.54) is 5.56 Å². The van der Waals surface area contributed by atoms with Crippen molar-refractivity contribution in [2.45, 2.75) is 123 Å². The average molecular weight is 568 g/mol. The Morgan fingerprint density at radius 1 is 1.02 bits per heavy atom. The molecule has 1 unspecified atom stereocenters. The Labute approximate surface area is 244 Å². The van der Waals surface area contributed by atoms with Gasteiger partial charge in [-0.1, -0.05) is 92.0 Å². The zero-order valence-electron chi connectivity index (χ0n) is 26.5. The number of benzene rings is 2. The molecule has 0 aliphatic carbocycles. The molecule has 1 heterocycles. The molecular formula is C34H53NO4Si. The van der Waals surface area contributed by atoms with Gasteiger partial charge in [-0.3, -0.25) is 4.79 Å². The number of rotatable bonds is 13. The molecule has 2 aromatic carbocycles. The summed E-state index contributed by atoms with van der Waals surface area (Å²) in [6.07, 6.45) is 6.64. The number of aryl methyl sites for hydroxylation is 1. The summed E-state index contributed by atoms with van der Waals surface area (Å²) in [4.78, 5) is 13.6. The number of carbonyl (C=O) groups is 1. The van der Waals surface area contributed by atoms with Gasteiger partial charge >= 0.3 is 0 Å². The molecule has 3 rings (SSSR count). The quantitative estimate of drug-likeness (QED) is 0.193. The fourth-order valence-electron chi connectivity index (χ4n) is 5.03. The lowest BCUT2D eigenvalue weighted by Crippen LogP contribution is -2.41. The SMILES string of the molecule is CCCCCC(CC(=O)Nc1cc(CCCO[Si](C)(C)C(C)(C)C)ccc1C(C)(C)C)c1cccc2c1OCO2. The smallest absolute Gasteiger partial charge is 0.231 e. The number of nitrogens with one attached hydrogen (secondary N) is 1. The zero-order chi connectivity index (χ0) is 29.6. The van der Waals surface area contributed by atoms with Gasteiger partial charge in [0.15, 0.2) is 19.8 Å². The number of hydrogen-bond donors (Lipinski definition) is 1. The van der Waals surface area contributed by atoms with Crippen molar-refractivity contribution in [1.82, 2.24) is 0 Å². The highest BCUT2D eigenvalue weighted by Gasteiger charge is 2.36. The Hall–Kier alpha value is -2.31. The van der Waals surface area contributed by atoms with E-state index < -0.39 is 8.32 Å². The second-order valence-electron chi connectivity index (χ2n) is 13.9. The van der Waals surface area contributed by atoms with E-state index in [1.54, 1.807) is 0 Å². The van der Waals surface area contributed by atoms with E-state index in [1.807, 2.05) is 12.1 Å². The fraction of sp³-hybridized carbons (Fsp3) is 0.618. The van der Waals surface area contributed by atoms with Crippen LogP contribution in [0.4, 0.5) is 5.69 Å². The minimum atomic E-state index is -1.75. The van der Waals surface area contributed by atoms with Gasteiger partial charge in [0.1, 0.15) is 0 Å². The second-order valence-corrected chi connectivity index (χ2v) is 18.7. The highest BCUT2D eigenvalue weighted by Crippen LogP contribution is 2.42. The average Bonchev–Trinajstić information content (AvgIpc) is 3.34. The van der Waals surface area contributed by atoms with Crippen LogP contribution in [0.1, 0.15) is 110 Å². The van der Waals surface area contributed by atoms with Gasteiger partial charge < -0.3 is 19.2 Å². The molecule has 0 aromatic heterocycles. The lowest BCUT2D eigenvalue weighted by atomic mass is 9.84. The van der Waals surface area contributed by atoms with Crippen molar-refractivity contribution in [3.05, 3.63) is 53.1 Å². The lowest BCUT2D eigenvalue weighted by Gasteiger charge is -2.36. The molecule has 1 aliphatic rings. The molecule has 0 radical (unpaired) electrons. The van der Waals surface area contributed by atoms with Gasteiger partial charge in [-0.25, -0.2) is 0 Å². The summed E-state index contributed by atoms with van der Waals surface area (Å²) in [6.45, 7) is 21.2. The summed E-state index contributed by atoms with van der Waals surface area (Å²) in [6, 6.07) is 12.6. The number of unbranched alkanes of at least 4 members (excludes halogenated alkanes) is 2. The molecule has 5 nitrogen and oxygen atoms in total. The molecule has 0 fully saturated rings. The van der Waals surface area contributed by atoms with Gasteiger partial charge in [-0.2, -0.15) is 0 Å². The maximum absolute atomic E-state index is 13.6. The van der Waals surface area contributed by atoms with E-state index in [4.69, 9.17) is 13.9 Å². The van der Waals surface area contributed by atoms with Crippen LogP contribution in [0, 0.1) is 0 Å². The van der Waals surface area contributed by atoms with E-state index >= 15 is 0 Å². The number of para-hydroxylation sites is 1. The molecule has 6 heteroatoms. The van der Waals surface area contributed by atoms with Crippen molar-refractivity contribution in [3.8, 4) is 11.5 Å². The summed E-state index contributed by atoms with van der Waals surface area (Å²) in [5.41, 5.74) is 4.30. The van der Waals surface area contributed by atoms with Crippen LogP contribution < -0.4 is 14.8 Å². The first kappa shape index (κ1) is 32.2. The normalized spacial score (nSPS) is 14.3. The number of ether oxygens (including phenoxy) is 2. The van der Waals surface area contributed by atoms with Crippen LogP contribution in [0.25, 0.3) is 0 Å². The second kappa shape index (κ2) is 13.6. The number of carbonyl (C=O) groups excluding carboxylic acids is 1. The van der Waals surface area contributed by atoms with Crippen molar-refractivity contribution >= 4 is 19.9 Å². The van der Waals surface area contributed by atoms with E-state index in [2.05, 4.69) is 91.1 Å². The van der Waals surface area contributed by atoms with Crippen molar-refractivity contribution < 1.29 is 18.7 Å². The Kier molecular flexibility index (Phi) is 10.9. The van der Waals surface area contributed by atoms with Gasteiger partial charge in [0, 0.05) is 24.3 Å². The Bertz CT molecular complexity index is 1130. The first-order valence-corrected chi connectivity index (χ1v) is 18.1. The third-order valence-corrected chi connectivity index (χ3v) is 13.0. The summed E-state index contributed by atoms with van der Waals surface area (Å²) in [5.74, 6) is 1.70. The van der Waals surface area contributed by atoms with Crippen LogP contribution in [0.15, 0.2) is 36.4 Å². The highest BCUT2D eigenvalue weighted by molar-refractivity contribution is 6.74. The van der Waals surface area contributed by atoms with Crippen LogP contribution in [0.5, 0.6) is 11.5 Å². The minimum Gasteiger partial charge on any atom is -0.454 e. The zero-order valence-corrected chi connectivity index (χ0v) is 27.5. The van der Waals surface area contributed by atoms with Crippen molar-refractivity contribution in [2.24, 2.45) is 0 Å². The van der Waals surface area contributed by atoms with Crippen molar-refractivity contribution in [2.75, 3.05) is 18.7 Å². The Morgan fingerprint density at radius 3 is 2.45 bits per heavy atom. The number of fused-ring (bicyclic) bond motifs is 1. The van der Waals surface area contributed by atoms with E-state index in [-0.39, 0.29) is 29.1 Å². The molecule has 0 saturated carbocycles. The Morgan fingerprint density at radius 2 is 1.77 bits per heavy atom. The number of anilines is 1. The van der Waals surface area contributed by atoms with Crippen LogP contribution in [0.3, 0.4) is 0 Å². The Balaban J connectivity index is 1.74. The lowest BCUT2D eigenvalue weighted by molar-refractivity contribution is -0.116. The van der Waals surface area contributed by atoms with Gasteiger partial charge in [0.05, 0.1) is 0 Å². The molecule has 0 saturated heterocycles. The molecule has 2 aromatic rings. The summed E-state index contributed by atoms with van der Waals surface area (Å²) < 4.78 is 17.8. The molecule has 222 valence electrons. The van der Waals surface area contributed by atoms with Gasteiger partial charge in [0.25, 0.3) is 0 Å². The van der Waals surface area contributed by atoms with Gasteiger partial charge in [-0.15, -0.1) is 0 Å². The fourth-order valence-corrected chi connectivity index (χ4v) is 6.12. The predicted octanol–water partition coefficient (Wildman–Crippen LogP) is 9.36. The molecule has 1 atom stereocenters. The van der Waals surface area contributed by atoms with Crippen LogP contribution in [-0.4, -0.2) is 27.6 Å². The van der Waals surface area contributed by atoms with Crippen LogP contribution in [0.2, 0.25) is 18.1 Å². The molecule has 40 heavy (non-hydrogen) atoms. The first-order valence-electron chi connectivity index (χ1n) is 15.2. The molecule has 0 spiro atoms. The monoisotopic (exact) mass is 567 g/mol. The van der Waals surface area contributed by atoms with Gasteiger partial charge in [-0.05, 0) is 72.0 Å². The van der Waals surface area contributed by atoms with E-state index in [0.717, 1.165) is 73.4 Å². The molecular weight excluding hydrogens is 514 g/mol. The number of hydrogen-bond acceptors (Lipinski definition) is 4. The predicted molar refractivity (Wildman–Crippen MR) is 169 cm³/mol. The van der Waals surface area contributed by atoms with Gasteiger partial charge in [0.2, 0.25) is 12.7 Å². The summed E-state index contributed by atoms with van der Waals surface area (Å²) >= 11 is 0. The molecule has 0 bridgehead atoms. The largest absolute Gasteiger partial charge is 0.454 e. The maximum atomic E-state index is 13.6. The van der Waals surface area contributed by atoms with E-state index in [9.17, 15) is 4.79 Å². The summed E-state index contributed by atoms with van der Waals surface area (Å²) in [7, 11) is -1.75. The first-order chi connectivity index (χ1) is 18.7. The molecule has 1 amide bonds. The molecule has 1 N–H and O–H groups in total. The van der Waals surface area contributed by atoms with E-state index in [0.29, 0.717) is 6.42 Å². The maximum Gasteiger partial charge on any atom is 0.231 e. The topological polar surface area (TPSA) is 56.8 Å². The van der Waals surface area contributed by atoms with Crippen LogP contribution >= 0.6 is 0 Å².